The summed E-state index contributed by atoms with van der Waals surface area (Å²) in [5.74, 6) is 1.88. The van der Waals surface area contributed by atoms with Crippen LogP contribution in [0.3, 0.4) is 0 Å². The van der Waals surface area contributed by atoms with Crippen LogP contribution >= 0.6 is 35.6 Å². The van der Waals surface area contributed by atoms with Crippen LogP contribution in [0, 0.1) is 11.8 Å². The minimum atomic E-state index is -0.0959. The third-order valence-electron chi connectivity index (χ3n) is 5.68. The molecule has 5 nitrogen and oxygen atoms in total. The third-order valence-corrected chi connectivity index (χ3v) is 6.01. The van der Waals surface area contributed by atoms with E-state index in [1.165, 1.54) is 5.56 Å². The zero-order valence-electron chi connectivity index (χ0n) is 18.6. The molecule has 30 heavy (non-hydrogen) atoms. The average molecular weight is 552 g/mol. The first-order valence-corrected chi connectivity index (χ1v) is 11.3. The summed E-state index contributed by atoms with van der Waals surface area (Å²) in [6.45, 7) is 10.5. The SMILES string of the molecule is CCNC(=NCC1(c2ccccc2Cl)CCOCC1)NCC(CCO)CC(C)C.I. The lowest BCUT2D eigenvalue weighted by Gasteiger charge is -2.37. The minimum absolute atomic E-state index is 0. The highest BCUT2D eigenvalue weighted by molar-refractivity contribution is 14.0. The van der Waals surface area contributed by atoms with Crippen molar-refractivity contribution in [3.63, 3.8) is 0 Å². The molecule has 1 heterocycles. The molecule has 1 unspecified atom stereocenters. The Balaban J connectivity index is 0.00000450. The molecule has 1 aromatic rings. The van der Waals surface area contributed by atoms with Crippen LogP contribution in [-0.4, -0.2) is 50.5 Å². The third kappa shape index (κ3) is 8.52. The second-order valence-electron chi connectivity index (χ2n) is 8.46. The second-order valence-corrected chi connectivity index (χ2v) is 8.86. The van der Waals surface area contributed by atoms with E-state index in [4.69, 9.17) is 21.3 Å². The molecule has 1 aliphatic heterocycles. The lowest BCUT2D eigenvalue weighted by atomic mass is 9.74. The second kappa shape index (κ2) is 14.5. The van der Waals surface area contributed by atoms with Crippen molar-refractivity contribution >= 4 is 41.5 Å². The molecule has 0 radical (unpaired) electrons. The highest BCUT2D eigenvalue weighted by atomic mass is 127. The van der Waals surface area contributed by atoms with E-state index >= 15 is 0 Å². The molecule has 3 N–H and O–H groups in total. The molecule has 172 valence electrons. The summed E-state index contributed by atoms with van der Waals surface area (Å²) in [4.78, 5) is 4.96. The monoisotopic (exact) mass is 551 g/mol. The number of halogens is 2. The van der Waals surface area contributed by atoms with Crippen molar-refractivity contribution in [2.45, 2.75) is 51.9 Å². The molecule has 0 amide bonds. The van der Waals surface area contributed by atoms with Gasteiger partial charge in [-0.25, -0.2) is 0 Å². The van der Waals surface area contributed by atoms with E-state index in [2.05, 4.69) is 43.5 Å². The van der Waals surface area contributed by atoms with Crippen molar-refractivity contribution in [3.8, 4) is 0 Å². The summed E-state index contributed by atoms with van der Waals surface area (Å²) in [6.07, 6.45) is 3.74. The van der Waals surface area contributed by atoms with Gasteiger partial charge < -0.3 is 20.5 Å². The molecule has 1 fully saturated rings. The molecule has 0 saturated carbocycles. The zero-order valence-corrected chi connectivity index (χ0v) is 21.7. The summed E-state index contributed by atoms with van der Waals surface area (Å²) in [5, 5.41) is 17.1. The van der Waals surface area contributed by atoms with Gasteiger partial charge in [-0.05, 0) is 56.1 Å². The van der Waals surface area contributed by atoms with Gasteiger partial charge in [0, 0.05) is 43.3 Å². The number of nitrogens with one attached hydrogen (secondary N) is 2. The molecular formula is C23H39ClIN3O2. The molecule has 7 heteroatoms. The van der Waals surface area contributed by atoms with Crippen molar-refractivity contribution in [2.24, 2.45) is 16.8 Å². The van der Waals surface area contributed by atoms with Gasteiger partial charge in [0.25, 0.3) is 0 Å². The van der Waals surface area contributed by atoms with Gasteiger partial charge in [0.15, 0.2) is 5.96 Å². The van der Waals surface area contributed by atoms with Crippen molar-refractivity contribution in [3.05, 3.63) is 34.9 Å². The van der Waals surface area contributed by atoms with E-state index in [0.29, 0.717) is 18.4 Å². The van der Waals surface area contributed by atoms with Gasteiger partial charge in [-0.15, -0.1) is 24.0 Å². The molecule has 0 aromatic heterocycles. The van der Waals surface area contributed by atoms with Crippen LogP contribution in [0.5, 0.6) is 0 Å². The summed E-state index contributed by atoms with van der Waals surface area (Å²) in [5.41, 5.74) is 1.07. The average Bonchev–Trinajstić information content (AvgIpc) is 2.70. The lowest BCUT2D eigenvalue weighted by molar-refractivity contribution is 0.0531. The Morgan fingerprint density at radius 3 is 2.53 bits per heavy atom. The predicted molar refractivity (Wildman–Crippen MR) is 137 cm³/mol. The van der Waals surface area contributed by atoms with Crippen molar-refractivity contribution in [1.29, 1.82) is 0 Å². The van der Waals surface area contributed by atoms with Crippen molar-refractivity contribution < 1.29 is 9.84 Å². The fraction of sp³-hybridized carbons (Fsp3) is 0.696. The van der Waals surface area contributed by atoms with Crippen molar-refractivity contribution in [2.75, 3.05) is 39.5 Å². The highest BCUT2D eigenvalue weighted by Crippen LogP contribution is 2.38. The Bertz CT molecular complexity index is 637. The molecular weight excluding hydrogens is 513 g/mol. The summed E-state index contributed by atoms with van der Waals surface area (Å²) >= 11 is 6.57. The summed E-state index contributed by atoms with van der Waals surface area (Å²) in [7, 11) is 0. The summed E-state index contributed by atoms with van der Waals surface area (Å²) in [6, 6.07) is 8.12. The Kier molecular flexibility index (Phi) is 13.3. The molecule has 1 saturated heterocycles. The number of guanidine groups is 1. The van der Waals surface area contributed by atoms with Crippen LogP contribution in [0.15, 0.2) is 29.3 Å². The standard InChI is InChI=1S/C23H38ClN3O2.HI/c1-4-25-22(26-16-19(9-12-28)15-18(2)3)27-17-23(10-13-29-14-11-23)20-7-5-6-8-21(20)24;/h5-8,18-19,28H,4,9-17H2,1-3H3,(H2,25,26,27);1H. The maximum absolute atomic E-state index is 9.38. The van der Waals surface area contributed by atoms with Crippen LogP contribution in [0.4, 0.5) is 0 Å². The lowest BCUT2D eigenvalue weighted by Crippen LogP contribution is -2.43. The van der Waals surface area contributed by atoms with E-state index in [-0.39, 0.29) is 36.0 Å². The van der Waals surface area contributed by atoms with Crippen LogP contribution in [0.25, 0.3) is 0 Å². The van der Waals surface area contributed by atoms with Gasteiger partial charge in [-0.3, -0.25) is 4.99 Å². The maximum Gasteiger partial charge on any atom is 0.191 e. The molecule has 1 aliphatic rings. The predicted octanol–water partition coefficient (Wildman–Crippen LogP) is 4.61. The number of rotatable bonds is 10. The Labute approximate surface area is 204 Å². The van der Waals surface area contributed by atoms with Crippen LogP contribution < -0.4 is 10.6 Å². The van der Waals surface area contributed by atoms with E-state index in [1.54, 1.807) is 0 Å². The number of nitrogens with zero attached hydrogens (tertiary/aromatic N) is 1. The fourth-order valence-electron chi connectivity index (χ4n) is 4.13. The Morgan fingerprint density at radius 2 is 1.93 bits per heavy atom. The van der Waals surface area contributed by atoms with E-state index in [0.717, 1.165) is 63.0 Å². The first kappa shape index (κ1) is 27.5. The van der Waals surface area contributed by atoms with Crippen molar-refractivity contribution in [1.82, 2.24) is 10.6 Å². The number of aliphatic hydroxyl groups is 1. The number of aliphatic hydroxyl groups excluding tert-OH is 1. The van der Waals surface area contributed by atoms with Gasteiger partial charge >= 0.3 is 0 Å². The number of ether oxygens (including phenoxy) is 1. The van der Waals surface area contributed by atoms with Crippen LogP contribution in [0.1, 0.15) is 52.0 Å². The molecule has 0 bridgehead atoms. The molecule has 0 aliphatic carbocycles. The van der Waals surface area contributed by atoms with Crippen LogP contribution in [0.2, 0.25) is 5.02 Å². The number of benzene rings is 1. The normalized spacial score (nSPS) is 17.3. The minimum Gasteiger partial charge on any atom is -0.396 e. The largest absolute Gasteiger partial charge is 0.396 e. The highest BCUT2D eigenvalue weighted by Gasteiger charge is 2.36. The van der Waals surface area contributed by atoms with Crippen LogP contribution in [-0.2, 0) is 10.2 Å². The number of aliphatic imine (C=N–C) groups is 1. The Morgan fingerprint density at radius 1 is 1.23 bits per heavy atom. The molecule has 1 atom stereocenters. The van der Waals surface area contributed by atoms with E-state index in [1.807, 2.05) is 12.1 Å². The molecule has 1 aromatic carbocycles. The van der Waals surface area contributed by atoms with E-state index < -0.39 is 0 Å². The number of hydrogen-bond acceptors (Lipinski definition) is 3. The van der Waals surface area contributed by atoms with Gasteiger partial charge in [0.2, 0.25) is 0 Å². The van der Waals surface area contributed by atoms with Gasteiger partial charge in [0.05, 0.1) is 6.54 Å². The molecule has 0 spiro atoms. The van der Waals surface area contributed by atoms with E-state index in [9.17, 15) is 5.11 Å². The Hall–Kier alpha value is -0.570. The maximum atomic E-state index is 9.38. The molecule has 2 rings (SSSR count). The van der Waals surface area contributed by atoms with Gasteiger partial charge in [-0.2, -0.15) is 0 Å². The first-order chi connectivity index (χ1) is 14.0. The van der Waals surface area contributed by atoms with Gasteiger partial charge in [-0.1, -0.05) is 43.6 Å². The summed E-state index contributed by atoms with van der Waals surface area (Å²) < 4.78 is 5.64. The quantitative estimate of drug-likeness (QED) is 0.226. The fourth-order valence-corrected chi connectivity index (χ4v) is 4.47. The number of hydrogen-bond donors (Lipinski definition) is 3. The zero-order chi connectivity index (χ0) is 21.1. The van der Waals surface area contributed by atoms with Gasteiger partial charge in [0.1, 0.15) is 0 Å². The first-order valence-electron chi connectivity index (χ1n) is 11.0. The smallest absolute Gasteiger partial charge is 0.191 e. The topological polar surface area (TPSA) is 65.9 Å².